The van der Waals surface area contributed by atoms with Crippen molar-refractivity contribution in [3.05, 3.63) is 59.4 Å². The topological polar surface area (TPSA) is 24.9 Å². The van der Waals surface area contributed by atoms with Crippen LogP contribution in [0.25, 0.3) is 0 Å². The van der Waals surface area contributed by atoms with Crippen LogP contribution in [0.15, 0.2) is 42.6 Å². The van der Waals surface area contributed by atoms with E-state index in [9.17, 15) is 0 Å². The lowest BCUT2D eigenvalue weighted by Gasteiger charge is -2.15. The molecule has 2 nitrogen and oxygen atoms in total. The maximum atomic E-state index is 4.31. The summed E-state index contributed by atoms with van der Waals surface area (Å²) in [5.41, 5.74) is 5.08. The number of nitrogens with one attached hydrogen (secondary N) is 1. The summed E-state index contributed by atoms with van der Waals surface area (Å²) in [4.78, 5) is 4.31. The van der Waals surface area contributed by atoms with Crippen molar-refractivity contribution in [2.45, 2.75) is 25.8 Å². The summed E-state index contributed by atoms with van der Waals surface area (Å²) in [6.45, 7) is 2.01. The number of rotatable bonds is 2. The molecule has 0 bridgehead atoms. The first-order valence-corrected chi connectivity index (χ1v) is 6.10. The average Bonchev–Trinajstić information content (AvgIpc) is 2.76. The van der Waals surface area contributed by atoms with E-state index in [1.165, 1.54) is 24.0 Å². The van der Waals surface area contributed by atoms with Gasteiger partial charge < -0.3 is 5.32 Å². The fourth-order valence-electron chi connectivity index (χ4n) is 2.46. The number of aromatic nitrogens is 1. The van der Waals surface area contributed by atoms with Crippen LogP contribution in [0.3, 0.4) is 0 Å². The van der Waals surface area contributed by atoms with Gasteiger partial charge in [0.2, 0.25) is 0 Å². The molecule has 1 atom stereocenters. The average molecular weight is 224 g/mol. The van der Waals surface area contributed by atoms with E-state index in [0.717, 1.165) is 11.4 Å². The molecule has 0 spiro atoms. The first kappa shape index (κ1) is 10.3. The van der Waals surface area contributed by atoms with Gasteiger partial charge in [-0.2, -0.15) is 0 Å². The Labute approximate surface area is 102 Å². The molecule has 0 saturated carbocycles. The Balaban J connectivity index is 1.81. The zero-order valence-corrected chi connectivity index (χ0v) is 9.98. The maximum Gasteiger partial charge on any atom is 0.0531 e. The van der Waals surface area contributed by atoms with E-state index >= 15 is 0 Å². The standard InChI is InChI=1S/C15H16N2/c1-11-6-8-13(10-16-11)17-15-9-7-12-4-2-3-5-14(12)15/h2-6,8,10,15,17H,7,9H2,1H3. The highest BCUT2D eigenvalue weighted by molar-refractivity contribution is 5.46. The maximum absolute atomic E-state index is 4.31. The molecule has 0 amide bonds. The van der Waals surface area contributed by atoms with Crippen LogP contribution < -0.4 is 5.32 Å². The number of benzene rings is 1. The van der Waals surface area contributed by atoms with E-state index in [-0.39, 0.29) is 0 Å². The SMILES string of the molecule is Cc1ccc(NC2CCc3ccccc32)cn1. The van der Waals surface area contributed by atoms with E-state index in [2.05, 4.69) is 40.6 Å². The van der Waals surface area contributed by atoms with Gasteiger partial charge in [0.1, 0.15) is 0 Å². The molecule has 1 unspecified atom stereocenters. The van der Waals surface area contributed by atoms with Crippen LogP contribution >= 0.6 is 0 Å². The first-order valence-electron chi connectivity index (χ1n) is 6.10. The van der Waals surface area contributed by atoms with Crippen LogP contribution in [0, 0.1) is 6.92 Å². The molecule has 0 fully saturated rings. The molecule has 1 aliphatic rings. The second-order valence-electron chi connectivity index (χ2n) is 4.62. The predicted octanol–water partition coefficient (Wildman–Crippen LogP) is 3.49. The van der Waals surface area contributed by atoms with Gasteiger partial charge in [-0.05, 0) is 43.0 Å². The summed E-state index contributed by atoms with van der Waals surface area (Å²) in [5, 5.41) is 3.56. The largest absolute Gasteiger partial charge is 0.377 e. The second kappa shape index (κ2) is 4.21. The van der Waals surface area contributed by atoms with E-state index in [0.29, 0.717) is 6.04 Å². The molecule has 1 aromatic carbocycles. The van der Waals surface area contributed by atoms with Crippen molar-refractivity contribution in [2.75, 3.05) is 5.32 Å². The van der Waals surface area contributed by atoms with E-state index < -0.39 is 0 Å². The fraction of sp³-hybridized carbons (Fsp3) is 0.267. The van der Waals surface area contributed by atoms with Crippen molar-refractivity contribution in [3.63, 3.8) is 0 Å². The number of anilines is 1. The molecule has 0 saturated heterocycles. The molecule has 17 heavy (non-hydrogen) atoms. The zero-order valence-electron chi connectivity index (χ0n) is 9.98. The number of fused-ring (bicyclic) bond motifs is 1. The lowest BCUT2D eigenvalue weighted by Crippen LogP contribution is -2.07. The molecule has 2 heteroatoms. The van der Waals surface area contributed by atoms with Gasteiger partial charge in [-0.25, -0.2) is 0 Å². The summed E-state index contributed by atoms with van der Waals surface area (Å²) < 4.78 is 0. The molecule has 2 aromatic rings. The highest BCUT2D eigenvalue weighted by Gasteiger charge is 2.21. The van der Waals surface area contributed by atoms with Crippen LogP contribution in [0.4, 0.5) is 5.69 Å². The third kappa shape index (κ3) is 2.03. The summed E-state index contributed by atoms with van der Waals surface area (Å²) in [6.07, 6.45) is 4.26. The van der Waals surface area contributed by atoms with Gasteiger partial charge >= 0.3 is 0 Å². The summed E-state index contributed by atoms with van der Waals surface area (Å²) in [5.74, 6) is 0. The van der Waals surface area contributed by atoms with Crippen molar-refractivity contribution < 1.29 is 0 Å². The molecular formula is C15H16N2. The summed E-state index contributed by atoms with van der Waals surface area (Å²) in [7, 11) is 0. The number of pyridine rings is 1. The highest BCUT2D eigenvalue weighted by Crippen LogP contribution is 2.33. The van der Waals surface area contributed by atoms with Gasteiger partial charge in [-0.1, -0.05) is 24.3 Å². The van der Waals surface area contributed by atoms with E-state index in [4.69, 9.17) is 0 Å². The van der Waals surface area contributed by atoms with Crippen LogP contribution in [0.1, 0.15) is 29.3 Å². The molecule has 1 N–H and O–H groups in total. The van der Waals surface area contributed by atoms with Gasteiger partial charge in [0.15, 0.2) is 0 Å². The fourth-order valence-corrected chi connectivity index (χ4v) is 2.46. The van der Waals surface area contributed by atoms with Crippen molar-refractivity contribution in [2.24, 2.45) is 0 Å². The number of aryl methyl sites for hydroxylation is 2. The molecule has 86 valence electrons. The molecule has 3 rings (SSSR count). The number of hydrogen-bond donors (Lipinski definition) is 1. The van der Waals surface area contributed by atoms with E-state index in [1.54, 1.807) is 0 Å². The smallest absolute Gasteiger partial charge is 0.0531 e. The Bertz CT molecular complexity index is 517. The third-order valence-corrected chi connectivity index (χ3v) is 3.39. The lowest BCUT2D eigenvalue weighted by molar-refractivity contribution is 0.761. The molecular weight excluding hydrogens is 208 g/mol. The van der Waals surface area contributed by atoms with Gasteiger partial charge in [-0.3, -0.25) is 4.98 Å². The first-order chi connectivity index (χ1) is 8.33. The molecule has 1 heterocycles. The third-order valence-electron chi connectivity index (χ3n) is 3.39. The van der Waals surface area contributed by atoms with Crippen LogP contribution in [0.5, 0.6) is 0 Å². The monoisotopic (exact) mass is 224 g/mol. The van der Waals surface area contributed by atoms with Crippen molar-refractivity contribution >= 4 is 5.69 Å². The minimum absolute atomic E-state index is 0.440. The van der Waals surface area contributed by atoms with E-state index in [1.807, 2.05) is 19.2 Å². The normalized spacial score (nSPS) is 17.8. The number of nitrogens with zero attached hydrogens (tertiary/aromatic N) is 1. The second-order valence-corrected chi connectivity index (χ2v) is 4.62. The van der Waals surface area contributed by atoms with Gasteiger partial charge in [-0.15, -0.1) is 0 Å². The molecule has 0 radical (unpaired) electrons. The van der Waals surface area contributed by atoms with Crippen molar-refractivity contribution in [1.29, 1.82) is 0 Å². The Morgan fingerprint density at radius 1 is 1.18 bits per heavy atom. The Morgan fingerprint density at radius 2 is 2.06 bits per heavy atom. The summed E-state index contributed by atoms with van der Waals surface area (Å²) in [6, 6.07) is 13.3. The highest BCUT2D eigenvalue weighted by atomic mass is 14.9. The summed E-state index contributed by atoms with van der Waals surface area (Å²) >= 11 is 0. The van der Waals surface area contributed by atoms with Crippen LogP contribution in [0.2, 0.25) is 0 Å². The van der Waals surface area contributed by atoms with Crippen molar-refractivity contribution in [1.82, 2.24) is 4.98 Å². The van der Waals surface area contributed by atoms with Gasteiger partial charge in [0.05, 0.1) is 17.9 Å². The van der Waals surface area contributed by atoms with Crippen LogP contribution in [-0.2, 0) is 6.42 Å². The Kier molecular flexibility index (Phi) is 2.56. The minimum atomic E-state index is 0.440. The Hall–Kier alpha value is -1.83. The molecule has 1 aromatic heterocycles. The van der Waals surface area contributed by atoms with Gasteiger partial charge in [0.25, 0.3) is 0 Å². The van der Waals surface area contributed by atoms with Gasteiger partial charge in [0, 0.05) is 5.69 Å². The van der Waals surface area contributed by atoms with Crippen LogP contribution in [-0.4, -0.2) is 4.98 Å². The lowest BCUT2D eigenvalue weighted by atomic mass is 10.1. The predicted molar refractivity (Wildman–Crippen MR) is 70.1 cm³/mol. The molecule has 1 aliphatic carbocycles. The van der Waals surface area contributed by atoms with Crippen molar-refractivity contribution in [3.8, 4) is 0 Å². The quantitative estimate of drug-likeness (QED) is 0.844. The molecule has 0 aliphatic heterocycles. The number of hydrogen-bond acceptors (Lipinski definition) is 2. The Morgan fingerprint density at radius 3 is 2.88 bits per heavy atom. The zero-order chi connectivity index (χ0) is 11.7. The minimum Gasteiger partial charge on any atom is -0.377 e.